The number of ketones is 1. The average molecular weight is 231 g/mol. The van der Waals surface area contributed by atoms with Gasteiger partial charge in [0.15, 0.2) is 12.1 Å². The normalized spacial score (nSPS) is 10.7. The quantitative estimate of drug-likeness (QED) is 0.593. The first-order chi connectivity index (χ1) is 8.19. The third-order valence-corrected chi connectivity index (χ3v) is 2.65. The Morgan fingerprint density at radius 2 is 2.29 bits per heavy atom. The van der Waals surface area contributed by atoms with Gasteiger partial charge in [-0.15, -0.1) is 0 Å². The van der Waals surface area contributed by atoms with Crippen LogP contribution < -0.4 is 0 Å². The van der Waals surface area contributed by atoms with Gasteiger partial charge in [-0.25, -0.2) is 9.50 Å². The van der Waals surface area contributed by atoms with Gasteiger partial charge in [0.2, 0.25) is 0 Å². The smallest absolute Gasteiger partial charge is 0.170 e. The minimum absolute atomic E-state index is 0.0808. The molecule has 0 radical (unpaired) electrons. The number of hydrogen-bond acceptors (Lipinski definition) is 4. The summed E-state index contributed by atoms with van der Waals surface area (Å²) < 4.78 is 1.64. The van der Waals surface area contributed by atoms with Crippen molar-refractivity contribution in [3.05, 3.63) is 29.3 Å². The van der Waals surface area contributed by atoms with Crippen LogP contribution in [0.5, 0.6) is 0 Å². The van der Waals surface area contributed by atoms with E-state index < -0.39 is 0 Å². The fraction of sp³-hybridized carbons (Fsp3) is 0.333. The van der Waals surface area contributed by atoms with Gasteiger partial charge in [0, 0.05) is 11.3 Å². The molecule has 0 N–H and O–H groups in total. The van der Waals surface area contributed by atoms with E-state index in [1.807, 2.05) is 0 Å². The van der Waals surface area contributed by atoms with Gasteiger partial charge in [-0.05, 0) is 19.4 Å². The Labute approximate surface area is 98.5 Å². The summed E-state index contributed by atoms with van der Waals surface area (Å²) in [5.41, 5.74) is 2.21. The fourth-order valence-electron chi connectivity index (χ4n) is 1.92. The summed E-state index contributed by atoms with van der Waals surface area (Å²) in [4.78, 5) is 26.4. The van der Waals surface area contributed by atoms with Crippen molar-refractivity contribution in [2.75, 3.05) is 0 Å². The second kappa shape index (κ2) is 4.45. The molecule has 5 nitrogen and oxygen atoms in total. The average Bonchev–Trinajstić information content (AvgIpc) is 2.69. The summed E-state index contributed by atoms with van der Waals surface area (Å²) in [7, 11) is 0. The molecule has 0 saturated carbocycles. The predicted molar refractivity (Wildman–Crippen MR) is 62.4 cm³/mol. The summed E-state index contributed by atoms with van der Waals surface area (Å²) in [6.07, 6.45) is 3.74. The van der Waals surface area contributed by atoms with Crippen LogP contribution in [-0.4, -0.2) is 26.7 Å². The molecular weight excluding hydrogens is 218 g/mol. The lowest BCUT2D eigenvalue weighted by molar-refractivity contribution is 0.101. The van der Waals surface area contributed by atoms with Gasteiger partial charge in [-0.2, -0.15) is 5.10 Å². The highest BCUT2D eigenvalue weighted by molar-refractivity contribution is 6.04. The Bertz CT molecular complexity index is 587. The van der Waals surface area contributed by atoms with Crippen LogP contribution in [0, 0.1) is 0 Å². The number of aldehydes is 1. The van der Waals surface area contributed by atoms with Gasteiger partial charge in [-0.1, -0.05) is 13.3 Å². The van der Waals surface area contributed by atoms with Gasteiger partial charge in [-0.3, -0.25) is 9.59 Å². The third kappa shape index (κ3) is 1.84. The van der Waals surface area contributed by atoms with Gasteiger partial charge >= 0.3 is 0 Å². The van der Waals surface area contributed by atoms with E-state index in [1.54, 1.807) is 10.6 Å². The Balaban J connectivity index is 2.80. The van der Waals surface area contributed by atoms with Gasteiger partial charge in [0.1, 0.15) is 17.5 Å². The molecule has 0 fully saturated rings. The van der Waals surface area contributed by atoms with E-state index >= 15 is 0 Å². The van der Waals surface area contributed by atoms with E-state index in [-0.39, 0.29) is 11.5 Å². The highest BCUT2D eigenvalue weighted by Crippen LogP contribution is 2.19. The molecule has 0 bridgehead atoms. The van der Waals surface area contributed by atoms with Crippen molar-refractivity contribution < 1.29 is 9.59 Å². The molecule has 0 aliphatic rings. The molecule has 0 atom stereocenters. The number of aryl methyl sites for hydroxylation is 1. The predicted octanol–water partition coefficient (Wildman–Crippen LogP) is 1.70. The van der Waals surface area contributed by atoms with Crippen LogP contribution in [0.4, 0.5) is 0 Å². The lowest BCUT2D eigenvalue weighted by Gasteiger charge is -2.00. The number of aromatic nitrogens is 3. The molecule has 0 unspecified atom stereocenters. The Kier molecular flexibility index (Phi) is 2.99. The zero-order chi connectivity index (χ0) is 12.4. The molecule has 17 heavy (non-hydrogen) atoms. The minimum atomic E-state index is -0.0808. The van der Waals surface area contributed by atoms with Crippen LogP contribution in [0.1, 0.15) is 46.8 Å². The number of carbonyl (C=O) groups excluding carboxylic acids is 2. The standard InChI is InChI=1S/C12H13N3O2/c1-3-4-9-5-10(8(2)17)12-11(6-16)13-7-14-15(9)12/h5-7H,3-4H2,1-2H3. The van der Waals surface area contributed by atoms with E-state index in [4.69, 9.17) is 0 Å². The molecule has 0 aliphatic heterocycles. The SMILES string of the molecule is CCCc1cc(C(C)=O)c2c(C=O)ncnn12. The van der Waals surface area contributed by atoms with E-state index in [0.717, 1.165) is 18.5 Å². The maximum atomic E-state index is 11.6. The zero-order valence-corrected chi connectivity index (χ0v) is 9.80. The molecule has 2 rings (SSSR count). The highest BCUT2D eigenvalue weighted by Gasteiger charge is 2.16. The lowest BCUT2D eigenvalue weighted by atomic mass is 10.1. The molecule has 0 amide bonds. The largest absolute Gasteiger partial charge is 0.296 e. The van der Waals surface area contributed by atoms with Crippen molar-refractivity contribution in [1.29, 1.82) is 0 Å². The fourth-order valence-corrected chi connectivity index (χ4v) is 1.92. The maximum Gasteiger partial charge on any atom is 0.170 e. The van der Waals surface area contributed by atoms with Gasteiger partial charge in [0.05, 0.1) is 0 Å². The van der Waals surface area contributed by atoms with Crippen LogP contribution in [0.25, 0.3) is 5.52 Å². The van der Waals surface area contributed by atoms with E-state index in [1.165, 1.54) is 13.3 Å². The number of rotatable bonds is 4. The van der Waals surface area contributed by atoms with E-state index in [0.29, 0.717) is 17.4 Å². The first-order valence-corrected chi connectivity index (χ1v) is 5.50. The number of nitrogens with zero attached hydrogens (tertiary/aromatic N) is 3. The molecule has 0 aromatic carbocycles. The number of fused-ring (bicyclic) bond motifs is 1. The van der Waals surface area contributed by atoms with Crippen LogP contribution >= 0.6 is 0 Å². The molecule has 2 heterocycles. The molecular formula is C12H13N3O2. The van der Waals surface area contributed by atoms with Gasteiger partial charge in [0.25, 0.3) is 0 Å². The number of hydrogen-bond donors (Lipinski definition) is 0. The second-order valence-electron chi connectivity index (χ2n) is 3.88. The molecule has 2 aromatic rings. The van der Waals surface area contributed by atoms with Crippen LogP contribution in [0.15, 0.2) is 12.4 Å². The first-order valence-electron chi connectivity index (χ1n) is 5.50. The maximum absolute atomic E-state index is 11.6. The molecule has 0 spiro atoms. The Morgan fingerprint density at radius 3 is 2.88 bits per heavy atom. The monoisotopic (exact) mass is 231 g/mol. The first kappa shape index (κ1) is 11.4. The summed E-state index contributed by atoms with van der Waals surface area (Å²) in [5.74, 6) is -0.0808. The molecule has 88 valence electrons. The minimum Gasteiger partial charge on any atom is -0.296 e. The number of carbonyl (C=O) groups is 2. The van der Waals surface area contributed by atoms with Crippen LogP contribution in [0.3, 0.4) is 0 Å². The van der Waals surface area contributed by atoms with Crippen molar-refractivity contribution in [3.63, 3.8) is 0 Å². The lowest BCUT2D eigenvalue weighted by Crippen LogP contribution is -2.03. The second-order valence-corrected chi connectivity index (χ2v) is 3.88. The topological polar surface area (TPSA) is 64.3 Å². The van der Waals surface area contributed by atoms with E-state index in [2.05, 4.69) is 17.0 Å². The third-order valence-electron chi connectivity index (χ3n) is 2.65. The van der Waals surface area contributed by atoms with Crippen molar-refractivity contribution >= 4 is 17.6 Å². The molecule has 0 saturated heterocycles. The molecule has 5 heteroatoms. The highest BCUT2D eigenvalue weighted by atomic mass is 16.1. The van der Waals surface area contributed by atoms with Crippen LogP contribution in [-0.2, 0) is 6.42 Å². The van der Waals surface area contributed by atoms with Crippen molar-refractivity contribution in [2.45, 2.75) is 26.7 Å². The van der Waals surface area contributed by atoms with Crippen molar-refractivity contribution in [1.82, 2.24) is 14.6 Å². The van der Waals surface area contributed by atoms with E-state index in [9.17, 15) is 9.59 Å². The van der Waals surface area contributed by atoms with Crippen molar-refractivity contribution in [3.8, 4) is 0 Å². The van der Waals surface area contributed by atoms with Gasteiger partial charge < -0.3 is 0 Å². The zero-order valence-electron chi connectivity index (χ0n) is 9.80. The summed E-state index contributed by atoms with van der Waals surface area (Å²) in [6.45, 7) is 3.53. The Hall–Kier alpha value is -2.04. The van der Waals surface area contributed by atoms with Crippen LogP contribution in [0.2, 0.25) is 0 Å². The summed E-state index contributed by atoms with van der Waals surface area (Å²) >= 11 is 0. The van der Waals surface area contributed by atoms with Crippen molar-refractivity contribution in [2.24, 2.45) is 0 Å². The summed E-state index contributed by atoms with van der Waals surface area (Å²) in [6, 6.07) is 1.79. The number of Topliss-reactive ketones (excluding diaryl/α,β-unsaturated/α-hetero) is 1. The molecule has 0 aliphatic carbocycles. The Morgan fingerprint density at radius 1 is 1.53 bits per heavy atom. The molecule has 2 aromatic heterocycles. The summed E-state index contributed by atoms with van der Waals surface area (Å²) in [5, 5.41) is 4.11.